The predicted molar refractivity (Wildman–Crippen MR) is 105 cm³/mol. The lowest BCUT2D eigenvalue weighted by molar-refractivity contribution is -0.656. The Morgan fingerprint density at radius 1 is 1.12 bits per heavy atom. The zero-order valence-corrected chi connectivity index (χ0v) is 15.7. The number of nitrogens with zero attached hydrogens (tertiary/aromatic N) is 2. The Morgan fingerprint density at radius 3 is 2.52 bits per heavy atom. The summed E-state index contributed by atoms with van der Waals surface area (Å²) in [5.74, 6) is 1.11. The monoisotopic (exact) mass is 353 g/mol. The third kappa shape index (κ3) is 2.87. The normalized spacial score (nSPS) is 23.1. The van der Waals surface area contributed by atoms with Crippen LogP contribution in [0.25, 0.3) is 0 Å². The molecule has 4 rings (SSSR count). The van der Waals surface area contributed by atoms with Gasteiger partial charge in [0.25, 0.3) is 5.72 Å². The summed E-state index contributed by atoms with van der Waals surface area (Å²) >= 11 is 1.86. The second-order valence-electron chi connectivity index (χ2n) is 6.93. The summed E-state index contributed by atoms with van der Waals surface area (Å²) < 4.78 is 2.19. The van der Waals surface area contributed by atoms with Crippen molar-refractivity contribution in [2.24, 2.45) is 0 Å². The first-order valence-electron chi connectivity index (χ1n) is 9.05. The van der Waals surface area contributed by atoms with Gasteiger partial charge in [0.15, 0.2) is 6.54 Å². The van der Waals surface area contributed by atoms with Gasteiger partial charge in [0.2, 0.25) is 0 Å². The van der Waals surface area contributed by atoms with Gasteiger partial charge in [0.1, 0.15) is 5.69 Å². The Balaban J connectivity index is 1.75. The quantitative estimate of drug-likeness (QED) is 0.852. The van der Waals surface area contributed by atoms with Gasteiger partial charge in [-0.05, 0) is 49.2 Å². The highest BCUT2D eigenvalue weighted by Crippen LogP contribution is 2.37. The molecule has 25 heavy (non-hydrogen) atoms. The molecule has 3 nitrogen and oxygen atoms in total. The molecule has 0 aliphatic carbocycles. The van der Waals surface area contributed by atoms with E-state index in [1.54, 1.807) is 0 Å². The van der Waals surface area contributed by atoms with Gasteiger partial charge in [-0.2, -0.15) is 0 Å². The number of aryl methyl sites for hydroxylation is 2. The van der Waals surface area contributed by atoms with E-state index in [4.69, 9.17) is 0 Å². The number of benzene rings is 2. The average molecular weight is 354 g/mol. The molecule has 1 N–H and O–H groups in total. The van der Waals surface area contributed by atoms with Crippen molar-refractivity contribution < 1.29 is 9.68 Å². The summed E-state index contributed by atoms with van der Waals surface area (Å²) in [6.07, 6.45) is 2.15. The van der Waals surface area contributed by atoms with Crippen molar-refractivity contribution in [3.63, 3.8) is 0 Å². The fourth-order valence-corrected chi connectivity index (χ4v) is 4.86. The van der Waals surface area contributed by atoms with Crippen LogP contribution < -0.4 is 4.90 Å². The molecule has 2 aliphatic heterocycles. The second-order valence-corrected chi connectivity index (χ2v) is 7.99. The first kappa shape index (κ1) is 16.7. The van der Waals surface area contributed by atoms with Crippen LogP contribution in [0.5, 0.6) is 0 Å². The van der Waals surface area contributed by atoms with Gasteiger partial charge in [0, 0.05) is 11.3 Å². The van der Waals surface area contributed by atoms with Crippen molar-refractivity contribution in [2.75, 3.05) is 23.7 Å². The first-order chi connectivity index (χ1) is 12.1. The SMILES string of the molecule is CCc1ccc(N2CC(O)(c3ccc(C)cc3)[N+]3=C2SCCC3)cc1. The molecule has 4 heteroatoms. The molecule has 0 saturated carbocycles. The summed E-state index contributed by atoms with van der Waals surface area (Å²) in [7, 11) is 0. The zero-order chi connectivity index (χ0) is 17.4. The molecule has 0 spiro atoms. The maximum Gasteiger partial charge on any atom is 0.316 e. The molecule has 0 bridgehead atoms. The number of aliphatic hydroxyl groups is 1. The van der Waals surface area contributed by atoms with E-state index in [1.165, 1.54) is 16.3 Å². The lowest BCUT2D eigenvalue weighted by atomic mass is 10.0. The fraction of sp³-hybridized carbons (Fsp3) is 0.381. The number of β-amino-alcohol motifs (C(OH)–C–C–N with tert-alkyl or cyclic N) is 1. The molecule has 1 unspecified atom stereocenters. The van der Waals surface area contributed by atoms with Gasteiger partial charge in [-0.3, -0.25) is 0 Å². The Kier molecular flexibility index (Phi) is 4.34. The van der Waals surface area contributed by atoms with Crippen LogP contribution in [0.15, 0.2) is 48.5 Å². The summed E-state index contributed by atoms with van der Waals surface area (Å²) in [5, 5.41) is 12.8. The molecule has 130 valence electrons. The molecular weight excluding hydrogens is 328 g/mol. The highest BCUT2D eigenvalue weighted by atomic mass is 32.2. The molecule has 0 aromatic heterocycles. The predicted octanol–water partition coefficient (Wildman–Crippen LogP) is 3.73. The van der Waals surface area contributed by atoms with Gasteiger partial charge in [0.05, 0.1) is 6.54 Å². The molecule has 0 saturated heterocycles. The van der Waals surface area contributed by atoms with Gasteiger partial charge < -0.3 is 5.11 Å². The Hall–Kier alpha value is -1.78. The van der Waals surface area contributed by atoms with Gasteiger partial charge >= 0.3 is 5.17 Å². The molecule has 1 atom stereocenters. The van der Waals surface area contributed by atoms with Crippen LogP contribution in [0.1, 0.15) is 30.0 Å². The zero-order valence-electron chi connectivity index (χ0n) is 14.9. The third-order valence-corrected chi connectivity index (χ3v) is 6.41. The second kappa shape index (κ2) is 6.50. The maximum absolute atomic E-state index is 11.6. The molecule has 0 radical (unpaired) electrons. The van der Waals surface area contributed by atoms with Crippen molar-refractivity contribution in [3.05, 3.63) is 65.2 Å². The topological polar surface area (TPSA) is 26.5 Å². The summed E-state index contributed by atoms with van der Waals surface area (Å²) in [6, 6.07) is 17.0. The average Bonchev–Trinajstić information content (AvgIpc) is 2.97. The highest BCUT2D eigenvalue weighted by molar-refractivity contribution is 8.13. The van der Waals surface area contributed by atoms with E-state index in [-0.39, 0.29) is 0 Å². The van der Waals surface area contributed by atoms with Gasteiger partial charge in [-0.25, -0.2) is 9.48 Å². The third-order valence-electron chi connectivity index (χ3n) is 5.21. The lowest BCUT2D eigenvalue weighted by Gasteiger charge is -2.24. The van der Waals surface area contributed by atoms with Crippen molar-refractivity contribution in [1.82, 2.24) is 0 Å². The van der Waals surface area contributed by atoms with Crippen molar-refractivity contribution in [2.45, 2.75) is 32.4 Å². The minimum atomic E-state index is -0.958. The Labute approximate surface area is 154 Å². The van der Waals surface area contributed by atoms with E-state index in [0.717, 1.165) is 36.4 Å². The molecular formula is C21H25N2OS+. The Bertz CT molecular complexity index is 798. The van der Waals surface area contributed by atoms with Crippen LogP contribution in [0, 0.1) is 6.92 Å². The summed E-state index contributed by atoms with van der Waals surface area (Å²) in [6.45, 7) is 5.73. The maximum atomic E-state index is 11.6. The van der Waals surface area contributed by atoms with Crippen LogP contribution in [0.2, 0.25) is 0 Å². The summed E-state index contributed by atoms with van der Waals surface area (Å²) in [5.41, 5.74) is 3.74. The van der Waals surface area contributed by atoms with E-state index in [1.807, 2.05) is 11.8 Å². The number of rotatable bonds is 3. The number of amidine groups is 1. The molecule has 0 fully saturated rings. The number of hydrogen-bond acceptors (Lipinski definition) is 3. The van der Waals surface area contributed by atoms with Crippen molar-refractivity contribution in [1.29, 1.82) is 0 Å². The standard InChI is InChI=1S/C21H25N2OS/c1-3-17-7-11-19(12-8-17)22-15-21(24,18-9-5-16(2)6-10-18)23-13-4-14-25-20(22)23/h5-12,24H,3-4,13-15H2,1-2H3/q+1. The van der Waals surface area contributed by atoms with Gasteiger partial charge in [-0.15, -0.1) is 0 Å². The van der Waals surface area contributed by atoms with E-state index in [0.29, 0.717) is 6.54 Å². The minimum Gasteiger partial charge on any atom is -0.346 e. The smallest absolute Gasteiger partial charge is 0.316 e. The highest BCUT2D eigenvalue weighted by Gasteiger charge is 2.53. The van der Waals surface area contributed by atoms with Gasteiger partial charge in [-0.1, -0.05) is 48.9 Å². The fourth-order valence-electron chi connectivity index (χ4n) is 3.68. The minimum absolute atomic E-state index is 0.573. The lowest BCUT2D eigenvalue weighted by Crippen LogP contribution is -2.41. The molecule has 2 aromatic rings. The molecule has 2 aliphatic rings. The van der Waals surface area contributed by atoms with E-state index in [9.17, 15) is 5.11 Å². The van der Waals surface area contributed by atoms with Crippen LogP contribution in [0.4, 0.5) is 5.69 Å². The number of anilines is 1. The molecule has 2 heterocycles. The van der Waals surface area contributed by atoms with E-state index >= 15 is 0 Å². The van der Waals surface area contributed by atoms with Crippen molar-refractivity contribution in [3.8, 4) is 0 Å². The van der Waals surface area contributed by atoms with Crippen molar-refractivity contribution >= 4 is 22.6 Å². The van der Waals surface area contributed by atoms with E-state index in [2.05, 4.69) is 71.9 Å². The molecule has 2 aromatic carbocycles. The summed E-state index contributed by atoms with van der Waals surface area (Å²) in [4.78, 5) is 2.28. The van der Waals surface area contributed by atoms with Crippen LogP contribution in [-0.4, -0.2) is 33.7 Å². The number of thioether (sulfide) groups is 1. The van der Waals surface area contributed by atoms with Crippen LogP contribution >= 0.6 is 11.8 Å². The largest absolute Gasteiger partial charge is 0.346 e. The first-order valence-corrected chi connectivity index (χ1v) is 10.0. The Morgan fingerprint density at radius 2 is 1.84 bits per heavy atom. The van der Waals surface area contributed by atoms with Crippen LogP contribution in [-0.2, 0) is 12.1 Å². The van der Waals surface area contributed by atoms with Crippen LogP contribution in [0.3, 0.4) is 0 Å². The van der Waals surface area contributed by atoms with E-state index < -0.39 is 5.72 Å². The number of hydrogen-bond donors (Lipinski definition) is 1. The molecule has 0 amide bonds.